The molecular weight excluding hydrogens is 214 g/mol. The van der Waals surface area contributed by atoms with Gasteiger partial charge < -0.3 is 4.84 Å². The van der Waals surface area contributed by atoms with Crippen molar-refractivity contribution < 1.29 is 4.84 Å². The molecule has 0 saturated carbocycles. The minimum Gasteiger partial charge on any atom is -0.305 e. The average molecular weight is 222 g/mol. The average Bonchev–Trinajstić information content (AvgIpc) is 2.31. The van der Waals surface area contributed by atoms with Crippen LogP contribution in [0.25, 0.3) is 0 Å². The molecule has 0 bridgehead atoms. The topological polar surface area (TPSA) is 21.3 Å². The van der Waals surface area contributed by atoms with E-state index in [0.717, 1.165) is 10.3 Å². The van der Waals surface area contributed by atoms with E-state index in [4.69, 9.17) is 4.84 Å². The summed E-state index contributed by atoms with van der Waals surface area (Å²) in [5.74, 6) is 0. The van der Waals surface area contributed by atoms with Crippen LogP contribution in [0, 0.1) is 0 Å². The zero-order valence-corrected chi connectivity index (χ0v) is 7.96. The fourth-order valence-corrected chi connectivity index (χ4v) is 1.80. The second-order valence-corrected chi connectivity index (χ2v) is 4.07. The van der Waals surface area contributed by atoms with E-state index in [-0.39, 0.29) is 0 Å². The van der Waals surface area contributed by atoms with Gasteiger partial charge in [-0.2, -0.15) is 5.48 Å². The minimum absolute atomic E-state index is 0.762. The van der Waals surface area contributed by atoms with Crippen LogP contribution in [-0.2, 0) is 11.4 Å². The SMILES string of the molecule is CONCc1csc(Br)c1. The normalized spacial score (nSPS) is 10.2. The number of hydrogen-bond donors (Lipinski definition) is 1. The molecule has 56 valence electrons. The van der Waals surface area contributed by atoms with Gasteiger partial charge in [0.25, 0.3) is 0 Å². The Morgan fingerprint density at radius 2 is 2.60 bits per heavy atom. The zero-order chi connectivity index (χ0) is 7.40. The Balaban J connectivity index is 2.42. The molecule has 0 amide bonds. The Labute approximate surface area is 72.3 Å². The maximum Gasteiger partial charge on any atom is 0.0701 e. The molecule has 1 rings (SSSR count). The molecule has 1 aromatic heterocycles. The van der Waals surface area contributed by atoms with Gasteiger partial charge in [-0.3, -0.25) is 0 Å². The van der Waals surface area contributed by atoms with Crippen molar-refractivity contribution in [1.82, 2.24) is 5.48 Å². The molecule has 2 nitrogen and oxygen atoms in total. The lowest BCUT2D eigenvalue weighted by Gasteiger charge is -1.96. The molecule has 0 aliphatic carbocycles. The summed E-state index contributed by atoms with van der Waals surface area (Å²) in [6.45, 7) is 0.762. The first-order chi connectivity index (χ1) is 4.83. The predicted octanol–water partition coefficient (Wildman–Crippen LogP) is 2.16. The van der Waals surface area contributed by atoms with Gasteiger partial charge in [0.2, 0.25) is 0 Å². The van der Waals surface area contributed by atoms with Crippen molar-refractivity contribution in [2.75, 3.05) is 7.11 Å². The van der Waals surface area contributed by atoms with E-state index in [1.54, 1.807) is 18.4 Å². The lowest BCUT2D eigenvalue weighted by atomic mass is 10.4. The van der Waals surface area contributed by atoms with E-state index in [1.807, 2.05) is 0 Å². The van der Waals surface area contributed by atoms with Crippen LogP contribution in [-0.4, -0.2) is 7.11 Å². The minimum atomic E-state index is 0.762. The summed E-state index contributed by atoms with van der Waals surface area (Å²) in [7, 11) is 1.61. The molecule has 0 aromatic carbocycles. The first kappa shape index (κ1) is 8.20. The molecular formula is C6H8BrNOS. The number of thiophene rings is 1. The van der Waals surface area contributed by atoms with E-state index >= 15 is 0 Å². The lowest BCUT2D eigenvalue weighted by molar-refractivity contribution is 0.0868. The summed E-state index contributed by atoms with van der Waals surface area (Å²) in [6, 6.07) is 2.07. The summed E-state index contributed by atoms with van der Waals surface area (Å²) in [4.78, 5) is 4.69. The quantitative estimate of drug-likeness (QED) is 0.791. The highest BCUT2D eigenvalue weighted by molar-refractivity contribution is 9.11. The second kappa shape index (κ2) is 4.08. The third kappa shape index (κ3) is 2.38. The van der Waals surface area contributed by atoms with E-state index in [1.165, 1.54) is 5.56 Å². The molecule has 0 aliphatic heterocycles. The highest BCUT2D eigenvalue weighted by Gasteiger charge is 1.94. The first-order valence-electron chi connectivity index (χ1n) is 2.81. The van der Waals surface area contributed by atoms with Crippen LogP contribution < -0.4 is 5.48 Å². The Hall–Kier alpha value is 0.100. The van der Waals surface area contributed by atoms with Crippen LogP contribution >= 0.6 is 27.3 Å². The molecule has 0 fully saturated rings. The third-order valence-corrected chi connectivity index (χ3v) is 2.60. The van der Waals surface area contributed by atoms with Gasteiger partial charge in [0.1, 0.15) is 0 Å². The van der Waals surface area contributed by atoms with Crippen molar-refractivity contribution in [1.29, 1.82) is 0 Å². The summed E-state index contributed by atoms with van der Waals surface area (Å²) in [5.41, 5.74) is 4.00. The highest BCUT2D eigenvalue weighted by atomic mass is 79.9. The zero-order valence-electron chi connectivity index (χ0n) is 5.56. The lowest BCUT2D eigenvalue weighted by Crippen LogP contribution is -2.09. The molecule has 0 atom stereocenters. The first-order valence-corrected chi connectivity index (χ1v) is 4.49. The standard InChI is InChI=1S/C6H8BrNOS/c1-9-8-3-5-2-6(7)10-4-5/h2,4,8H,3H2,1H3. The number of hydroxylamine groups is 1. The van der Waals surface area contributed by atoms with Gasteiger partial charge in [-0.25, -0.2) is 0 Å². The number of hydrogen-bond acceptors (Lipinski definition) is 3. The highest BCUT2D eigenvalue weighted by Crippen LogP contribution is 2.20. The van der Waals surface area contributed by atoms with Crippen molar-refractivity contribution in [2.24, 2.45) is 0 Å². The van der Waals surface area contributed by atoms with Crippen molar-refractivity contribution in [2.45, 2.75) is 6.54 Å². The van der Waals surface area contributed by atoms with Crippen LogP contribution in [0.1, 0.15) is 5.56 Å². The molecule has 0 radical (unpaired) electrons. The second-order valence-electron chi connectivity index (χ2n) is 1.78. The fourth-order valence-electron chi connectivity index (χ4n) is 0.594. The van der Waals surface area contributed by atoms with Crippen LogP contribution in [0.5, 0.6) is 0 Å². The summed E-state index contributed by atoms with van der Waals surface area (Å²) >= 11 is 5.05. The van der Waals surface area contributed by atoms with E-state index in [9.17, 15) is 0 Å². The van der Waals surface area contributed by atoms with E-state index in [2.05, 4.69) is 32.9 Å². The number of halogens is 1. The molecule has 4 heteroatoms. The molecule has 0 unspecified atom stereocenters. The van der Waals surface area contributed by atoms with Crippen LogP contribution in [0.15, 0.2) is 15.2 Å². The van der Waals surface area contributed by atoms with Gasteiger partial charge in [0.15, 0.2) is 0 Å². The predicted molar refractivity (Wildman–Crippen MR) is 45.9 cm³/mol. The summed E-state index contributed by atoms with van der Waals surface area (Å²) in [6.07, 6.45) is 0. The Morgan fingerprint density at radius 3 is 3.10 bits per heavy atom. The molecule has 10 heavy (non-hydrogen) atoms. The Morgan fingerprint density at radius 1 is 1.80 bits per heavy atom. The number of rotatable bonds is 3. The van der Waals surface area contributed by atoms with Gasteiger partial charge in [-0.15, -0.1) is 11.3 Å². The van der Waals surface area contributed by atoms with Crippen LogP contribution in [0.3, 0.4) is 0 Å². The Bertz CT molecular complexity index is 201. The summed E-state index contributed by atoms with van der Waals surface area (Å²) in [5, 5.41) is 2.08. The van der Waals surface area contributed by atoms with Crippen molar-refractivity contribution >= 4 is 27.3 Å². The van der Waals surface area contributed by atoms with Crippen molar-refractivity contribution in [3.8, 4) is 0 Å². The van der Waals surface area contributed by atoms with E-state index in [0.29, 0.717) is 0 Å². The van der Waals surface area contributed by atoms with Gasteiger partial charge in [0, 0.05) is 6.54 Å². The fraction of sp³-hybridized carbons (Fsp3) is 0.333. The molecule has 0 aliphatic rings. The number of nitrogens with one attached hydrogen (secondary N) is 1. The molecule has 1 heterocycles. The van der Waals surface area contributed by atoms with Crippen molar-refractivity contribution in [3.63, 3.8) is 0 Å². The van der Waals surface area contributed by atoms with Gasteiger partial charge in [-0.05, 0) is 32.9 Å². The van der Waals surface area contributed by atoms with Crippen LogP contribution in [0.2, 0.25) is 0 Å². The van der Waals surface area contributed by atoms with Gasteiger partial charge >= 0.3 is 0 Å². The Kier molecular flexibility index (Phi) is 3.34. The maximum atomic E-state index is 4.69. The van der Waals surface area contributed by atoms with Gasteiger partial charge in [0.05, 0.1) is 10.9 Å². The third-order valence-electron chi connectivity index (χ3n) is 1.04. The monoisotopic (exact) mass is 221 g/mol. The smallest absolute Gasteiger partial charge is 0.0701 e. The summed E-state index contributed by atoms with van der Waals surface area (Å²) < 4.78 is 1.15. The molecule has 0 spiro atoms. The molecule has 1 aromatic rings. The largest absolute Gasteiger partial charge is 0.305 e. The van der Waals surface area contributed by atoms with E-state index < -0.39 is 0 Å². The van der Waals surface area contributed by atoms with Crippen LogP contribution in [0.4, 0.5) is 0 Å². The molecule has 1 N–H and O–H groups in total. The van der Waals surface area contributed by atoms with Gasteiger partial charge in [-0.1, -0.05) is 0 Å². The molecule has 0 saturated heterocycles. The maximum absolute atomic E-state index is 4.69. The van der Waals surface area contributed by atoms with Crippen molar-refractivity contribution in [3.05, 3.63) is 20.8 Å².